The zero-order chi connectivity index (χ0) is 12.5. The van der Waals surface area contributed by atoms with Crippen LogP contribution in [0.3, 0.4) is 0 Å². The average Bonchev–Trinajstić information content (AvgIpc) is 2.95. The van der Waals surface area contributed by atoms with Gasteiger partial charge in [-0.3, -0.25) is 9.58 Å². The van der Waals surface area contributed by atoms with Crippen LogP contribution in [0.4, 0.5) is 0 Å². The fourth-order valence-corrected chi connectivity index (χ4v) is 3.31. The molecule has 0 spiro atoms. The summed E-state index contributed by atoms with van der Waals surface area (Å²) in [6.07, 6.45) is 1.24. The van der Waals surface area contributed by atoms with Gasteiger partial charge in [-0.25, -0.2) is 0 Å². The maximum atomic E-state index is 4.76. The number of fused-ring (bicyclic) bond motifs is 1. The van der Waals surface area contributed by atoms with Crippen molar-refractivity contribution in [1.82, 2.24) is 14.7 Å². The second kappa shape index (κ2) is 5.02. The second-order valence-electron chi connectivity index (χ2n) is 4.90. The predicted octanol–water partition coefficient (Wildman–Crippen LogP) is 3.03. The molecule has 0 aliphatic carbocycles. The lowest BCUT2D eigenvalue weighted by Gasteiger charge is -2.12. The monoisotopic (exact) mass is 307 g/mol. The summed E-state index contributed by atoms with van der Waals surface area (Å²) >= 11 is 3.69. The van der Waals surface area contributed by atoms with E-state index in [1.54, 1.807) is 0 Å². The smallest absolute Gasteiger partial charge is 0.0843 e. The van der Waals surface area contributed by atoms with Crippen LogP contribution in [0.2, 0.25) is 0 Å². The third-order valence-corrected chi connectivity index (χ3v) is 4.37. The molecule has 1 unspecified atom stereocenters. The topological polar surface area (TPSA) is 21.1 Å². The van der Waals surface area contributed by atoms with Gasteiger partial charge in [0.25, 0.3) is 0 Å². The predicted molar refractivity (Wildman–Crippen MR) is 78.0 cm³/mol. The third kappa shape index (κ3) is 2.19. The molecule has 2 aromatic rings. The van der Waals surface area contributed by atoms with Crippen LogP contribution in [-0.2, 0) is 13.1 Å². The van der Waals surface area contributed by atoms with E-state index in [-0.39, 0.29) is 0 Å². The first-order chi connectivity index (χ1) is 8.78. The molecule has 3 nitrogen and oxygen atoms in total. The first-order valence-electron chi connectivity index (χ1n) is 6.58. The number of hydrogen-bond donors (Lipinski definition) is 0. The Morgan fingerprint density at radius 2 is 2.22 bits per heavy atom. The van der Waals surface area contributed by atoms with E-state index in [4.69, 9.17) is 5.10 Å². The summed E-state index contributed by atoms with van der Waals surface area (Å²) in [5.74, 6) is 0. The fraction of sp³-hybridized carbons (Fsp3) is 0.500. The molecule has 0 saturated carbocycles. The van der Waals surface area contributed by atoms with Crippen LogP contribution in [0.25, 0.3) is 10.9 Å². The van der Waals surface area contributed by atoms with Gasteiger partial charge in [0.1, 0.15) is 0 Å². The Hall–Kier alpha value is -0.870. The Balaban J connectivity index is 1.92. The zero-order valence-electron chi connectivity index (χ0n) is 10.6. The molecule has 0 N–H and O–H groups in total. The van der Waals surface area contributed by atoms with E-state index in [9.17, 15) is 0 Å². The zero-order valence-corrected chi connectivity index (χ0v) is 12.2. The Morgan fingerprint density at radius 3 is 2.94 bits per heavy atom. The minimum Gasteiger partial charge on any atom is -0.296 e. The highest BCUT2D eigenvalue weighted by Gasteiger charge is 2.21. The Kier molecular flexibility index (Phi) is 3.39. The number of para-hydroxylation sites is 1. The molecule has 1 aromatic heterocycles. The molecule has 1 fully saturated rings. The molecule has 0 radical (unpaired) electrons. The lowest BCUT2D eigenvalue weighted by atomic mass is 10.2. The molecule has 4 heteroatoms. The standard InChI is InChI=1S/C14H18BrN3/c1-2-18-14-6-4-3-5-12(14)13(16-18)10-17-8-7-11(15)9-17/h3-6,11H,2,7-10H2,1H3. The first kappa shape index (κ1) is 12.2. The van der Waals surface area contributed by atoms with Crippen LogP contribution in [-0.4, -0.2) is 32.6 Å². The number of aromatic nitrogens is 2. The van der Waals surface area contributed by atoms with Gasteiger partial charge in [-0.15, -0.1) is 0 Å². The van der Waals surface area contributed by atoms with E-state index in [0.717, 1.165) is 19.6 Å². The van der Waals surface area contributed by atoms with Crippen molar-refractivity contribution in [2.75, 3.05) is 13.1 Å². The summed E-state index contributed by atoms with van der Waals surface area (Å²) in [5.41, 5.74) is 2.47. The van der Waals surface area contributed by atoms with Crippen molar-refractivity contribution in [3.05, 3.63) is 30.0 Å². The lowest BCUT2D eigenvalue weighted by Crippen LogP contribution is -2.20. The van der Waals surface area contributed by atoms with Crippen LogP contribution in [0.5, 0.6) is 0 Å². The molecule has 96 valence electrons. The highest BCUT2D eigenvalue weighted by Crippen LogP contribution is 2.23. The van der Waals surface area contributed by atoms with Gasteiger partial charge in [-0.2, -0.15) is 5.10 Å². The van der Waals surface area contributed by atoms with E-state index < -0.39 is 0 Å². The minimum absolute atomic E-state index is 0.650. The van der Waals surface area contributed by atoms with Crippen LogP contribution in [0.15, 0.2) is 24.3 Å². The molecule has 1 aliphatic heterocycles. The number of rotatable bonds is 3. The Morgan fingerprint density at radius 1 is 1.39 bits per heavy atom. The Labute approximate surface area is 116 Å². The second-order valence-corrected chi connectivity index (χ2v) is 6.20. The van der Waals surface area contributed by atoms with Crippen molar-refractivity contribution in [3.8, 4) is 0 Å². The number of nitrogens with zero attached hydrogens (tertiary/aromatic N) is 3. The van der Waals surface area contributed by atoms with E-state index in [2.05, 4.69) is 56.7 Å². The van der Waals surface area contributed by atoms with Crippen LogP contribution >= 0.6 is 15.9 Å². The summed E-state index contributed by atoms with van der Waals surface area (Å²) in [5, 5.41) is 6.06. The van der Waals surface area contributed by atoms with Crippen LogP contribution in [0.1, 0.15) is 19.0 Å². The number of alkyl halides is 1. The molecular formula is C14H18BrN3. The van der Waals surface area contributed by atoms with Crippen LogP contribution in [0, 0.1) is 0 Å². The van der Waals surface area contributed by atoms with Gasteiger partial charge >= 0.3 is 0 Å². The lowest BCUT2D eigenvalue weighted by molar-refractivity contribution is 0.328. The summed E-state index contributed by atoms with van der Waals surface area (Å²) in [6.45, 7) is 6.35. The van der Waals surface area contributed by atoms with Gasteiger partial charge in [0.2, 0.25) is 0 Å². The SMILES string of the molecule is CCn1nc(CN2CCC(Br)C2)c2ccccc21. The number of hydrogen-bond acceptors (Lipinski definition) is 2. The molecule has 1 saturated heterocycles. The Bertz CT molecular complexity index is 549. The van der Waals surface area contributed by atoms with Gasteiger partial charge in [0, 0.05) is 29.8 Å². The van der Waals surface area contributed by atoms with Gasteiger partial charge in [0.05, 0.1) is 11.2 Å². The number of benzene rings is 1. The average molecular weight is 308 g/mol. The van der Waals surface area contributed by atoms with Gasteiger partial charge in [0.15, 0.2) is 0 Å². The maximum absolute atomic E-state index is 4.76. The van der Waals surface area contributed by atoms with E-state index >= 15 is 0 Å². The van der Waals surface area contributed by atoms with Gasteiger partial charge in [-0.05, 0) is 26.0 Å². The summed E-state index contributed by atoms with van der Waals surface area (Å²) in [7, 11) is 0. The third-order valence-electron chi connectivity index (χ3n) is 3.62. The minimum atomic E-state index is 0.650. The highest BCUT2D eigenvalue weighted by atomic mass is 79.9. The quantitative estimate of drug-likeness (QED) is 0.813. The maximum Gasteiger partial charge on any atom is 0.0843 e. The van der Waals surface area contributed by atoms with E-state index in [0.29, 0.717) is 4.83 Å². The molecule has 1 atom stereocenters. The molecule has 3 rings (SSSR count). The van der Waals surface area contributed by atoms with Crippen molar-refractivity contribution in [2.45, 2.75) is 31.3 Å². The number of halogens is 1. The van der Waals surface area contributed by atoms with Crippen molar-refractivity contribution < 1.29 is 0 Å². The van der Waals surface area contributed by atoms with Gasteiger partial charge < -0.3 is 0 Å². The van der Waals surface area contributed by atoms with Gasteiger partial charge in [-0.1, -0.05) is 34.1 Å². The van der Waals surface area contributed by atoms with Crippen molar-refractivity contribution in [2.24, 2.45) is 0 Å². The molecule has 2 heterocycles. The fourth-order valence-electron chi connectivity index (χ4n) is 2.69. The molecule has 0 amide bonds. The van der Waals surface area contributed by atoms with Crippen molar-refractivity contribution in [3.63, 3.8) is 0 Å². The molecule has 1 aromatic carbocycles. The largest absolute Gasteiger partial charge is 0.296 e. The molecule has 0 bridgehead atoms. The molecule has 1 aliphatic rings. The van der Waals surface area contributed by atoms with E-state index in [1.807, 2.05) is 0 Å². The molecule has 18 heavy (non-hydrogen) atoms. The van der Waals surface area contributed by atoms with Crippen molar-refractivity contribution >= 4 is 26.8 Å². The normalized spacial score (nSPS) is 20.9. The number of aryl methyl sites for hydroxylation is 1. The summed E-state index contributed by atoms with van der Waals surface area (Å²) < 4.78 is 2.10. The highest BCUT2D eigenvalue weighted by molar-refractivity contribution is 9.09. The summed E-state index contributed by atoms with van der Waals surface area (Å²) in [6, 6.07) is 8.53. The number of likely N-dealkylation sites (tertiary alicyclic amines) is 1. The van der Waals surface area contributed by atoms with Crippen LogP contribution < -0.4 is 0 Å². The summed E-state index contributed by atoms with van der Waals surface area (Å²) in [4.78, 5) is 3.13. The van der Waals surface area contributed by atoms with E-state index in [1.165, 1.54) is 29.6 Å². The van der Waals surface area contributed by atoms with Crippen molar-refractivity contribution in [1.29, 1.82) is 0 Å². The molecular weight excluding hydrogens is 290 g/mol. The first-order valence-corrected chi connectivity index (χ1v) is 7.50.